The molecule has 2 aromatic rings. The molecule has 24 heavy (non-hydrogen) atoms. The molecule has 0 atom stereocenters. The van der Waals surface area contributed by atoms with Gasteiger partial charge in [-0.3, -0.25) is 0 Å². The molecule has 1 N–H and O–H groups in total. The first-order valence-electron chi connectivity index (χ1n) is 9.10. The van der Waals surface area contributed by atoms with Crippen LogP contribution in [0.15, 0.2) is 35.9 Å². The molecule has 2 rings (SSSR count). The zero-order chi connectivity index (χ0) is 17.7. The zero-order valence-electron chi connectivity index (χ0n) is 16.1. The Morgan fingerprint density at radius 1 is 1.04 bits per heavy atom. The van der Waals surface area contributed by atoms with E-state index in [9.17, 15) is 0 Å². The highest BCUT2D eigenvalue weighted by atomic mass is 14.9. The molecule has 0 saturated carbocycles. The fourth-order valence-electron chi connectivity index (χ4n) is 3.19. The van der Waals surface area contributed by atoms with Crippen LogP contribution >= 0.6 is 0 Å². The van der Waals surface area contributed by atoms with E-state index in [1.54, 1.807) is 0 Å². The summed E-state index contributed by atoms with van der Waals surface area (Å²) in [6.45, 7) is 14.2. The number of rotatable bonds is 6. The quantitative estimate of drug-likeness (QED) is 0.618. The van der Waals surface area contributed by atoms with Gasteiger partial charge in [-0.05, 0) is 74.4 Å². The van der Waals surface area contributed by atoms with Crippen LogP contribution in [0.1, 0.15) is 56.4 Å². The molecule has 128 valence electrons. The van der Waals surface area contributed by atoms with Crippen LogP contribution < -0.4 is 5.32 Å². The second-order valence-electron chi connectivity index (χ2n) is 6.88. The molecule has 2 aromatic carbocycles. The lowest BCUT2D eigenvalue weighted by Gasteiger charge is -2.21. The lowest BCUT2D eigenvalue weighted by Crippen LogP contribution is -2.06. The Bertz CT molecular complexity index is 717. The van der Waals surface area contributed by atoms with E-state index in [-0.39, 0.29) is 0 Å². The van der Waals surface area contributed by atoms with Crippen molar-refractivity contribution in [2.24, 2.45) is 0 Å². The summed E-state index contributed by atoms with van der Waals surface area (Å²) in [6.07, 6.45) is 4.49. The number of benzene rings is 2. The summed E-state index contributed by atoms with van der Waals surface area (Å²) in [7, 11) is 0. The van der Waals surface area contributed by atoms with Crippen LogP contribution in [0, 0.1) is 13.8 Å². The number of anilines is 1. The first-order chi connectivity index (χ1) is 11.5. The summed E-state index contributed by atoms with van der Waals surface area (Å²) < 4.78 is 0. The van der Waals surface area contributed by atoms with Gasteiger partial charge in [0.2, 0.25) is 0 Å². The minimum absolute atomic E-state index is 1.02. The second-order valence-corrected chi connectivity index (χ2v) is 6.88. The van der Waals surface area contributed by atoms with Crippen LogP contribution in [-0.4, -0.2) is 6.54 Å². The molecule has 1 nitrogen and oxygen atoms in total. The van der Waals surface area contributed by atoms with Gasteiger partial charge < -0.3 is 5.32 Å². The normalized spacial score (nSPS) is 10.6. The molecule has 0 aliphatic carbocycles. The molecule has 0 radical (unpaired) electrons. The van der Waals surface area contributed by atoms with Gasteiger partial charge in [0.05, 0.1) is 0 Å². The molecule has 0 bridgehead atoms. The Hall–Kier alpha value is -2.02. The zero-order valence-corrected chi connectivity index (χ0v) is 16.1. The Morgan fingerprint density at radius 2 is 1.71 bits per heavy atom. The third kappa shape index (κ3) is 4.08. The summed E-state index contributed by atoms with van der Waals surface area (Å²) in [5.41, 5.74) is 10.7. The third-order valence-electron chi connectivity index (χ3n) is 4.37. The van der Waals surface area contributed by atoms with Crippen LogP contribution in [0.25, 0.3) is 17.2 Å². The number of allylic oxidation sites excluding steroid dienone is 1. The average Bonchev–Trinajstić information content (AvgIpc) is 2.55. The molecule has 0 unspecified atom stereocenters. The van der Waals surface area contributed by atoms with Crippen molar-refractivity contribution in [1.82, 2.24) is 0 Å². The molecule has 0 saturated heterocycles. The van der Waals surface area contributed by atoms with Gasteiger partial charge in [-0.15, -0.1) is 0 Å². The van der Waals surface area contributed by atoms with Gasteiger partial charge in [-0.2, -0.15) is 0 Å². The van der Waals surface area contributed by atoms with Crippen molar-refractivity contribution in [2.75, 3.05) is 11.9 Å². The maximum Gasteiger partial charge on any atom is 0.0381 e. The average molecular weight is 322 g/mol. The molecule has 0 aromatic heterocycles. The Kier molecular flexibility index (Phi) is 6.25. The van der Waals surface area contributed by atoms with Gasteiger partial charge in [0.25, 0.3) is 0 Å². The summed E-state index contributed by atoms with van der Waals surface area (Å²) >= 11 is 0. The molecular weight excluding hydrogens is 290 g/mol. The first kappa shape index (κ1) is 18.3. The number of hydrogen-bond acceptors (Lipinski definition) is 1. The Morgan fingerprint density at radius 3 is 2.25 bits per heavy atom. The van der Waals surface area contributed by atoms with Gasteiger partial charge >= 0.3 is 0 Å². The molecule has 0 heterocycles. The van der Waals surface area contributed by atoms with Crippen molar-refractivity contribution in [1.29, 1.82) is 0 Å². The summed E-state index contributed by atoms with van der Waals surface area (Å²) in [5, 5.41) is 3.64. The van der Waals surface area contributed by atoms with Gasteiger partial charge in [0.15, 0.2) is 0 Å². The van der Waals surface area contributed by atoms with Gasteiger partial charge in [-0.25, -0.2) is 0 Å². The molecule has 0 amide bonds. The third-order valence-corrected chi connectivity index (χ3v) is 4.37. The molecule has 0 aliphatic heterocycles. The number of aryl methyl sites for hydroxylation is 2. The van der Waals surface area contributed by atoms with Gasteiger partial charge in [-0.1, -0.05) is 55.3 Å². The standard InChI is InChI=1S/C23H31N/c1-7-13-24-22-15-18(6)21(14-16(3)4)23(20(22)8-2)19-11-9-17(5)10-12-19/h9-12,14-15,24H,7-8,13H2,1-6H3. The summed E-state index contributed by atoms with van der Waals surface area (Å²) in [4.78, 5) is 0. The van der Waals surface area contributed by atoms with Crippen LogP contribution in [0.2, 0.25) is 0 Å². The van der Waals surface area contributed by atoms with Crippen LogP contribution in [0.3, 0.4) is 0 Å². The van der Waals surface area contributed by atoms with Crippen LogP contribution in [0.4, 0.5) is 5.69 Å². The minimum atomic E-state index is 1.02. The molecule has 0 aliphatic rings. The lowest BCUT2D eigenvalue weighted by molar-refractivity contribution is 0.972. The number of hydrogen-bond donors (Lipinski definition) is 1. The molecular formula is C23H31N. The maximum absolute atomic E-state index is 3.64. The summed E-state index contributed by atoms with van der Waals surface area (Å²) in [5.74, 6) is 0. The van der Waals surface area contributed by atoms with E-state index in [1.807, 2.05) is 0 Å². The first-order valence-corrected chi connectivity index (χ1v) is 9.10. The highest BCUT2D eigenvalue weighted by Gasteiger charge is 2.15. The SMILES string of the molecule is CCCNc1cc(C)c(C=C(C)C)c(-c2ccc(C)cc2)c1CC. The Balaban J connectivity index is 2.76. The highest BCUT2D eigenvalue weighted by Crippen LogP contribution is 2.37. The van der Waals surface area contributed by atoms with E-state index < -0.39 is 0 Å². The van der Waals surface area contributed by atoms with Crippen molar-refractivity contribution in [3.8, 4) is 11.1 Å². The van der Waals surface area contributed by atoms with E-state index >= 15 is 0 Å². The topological polar surface area (TPSA) is 12.0 Å². The highest BCUT2D eigenvalue weighted by molar-refractivity contribution is 5.85. The fraction of sp³-hybridized carbons (Fsp3) is 0.391. The molecule has 0 fully saturated rings. The van der Waals surface area contributed by atoms with E-state index in [1.165, 1.54) is 44.6 Å². The van der Waals surface area contributed by atoms with Crippen molar-refractivity contribution in [2.45, 2.75) is 54.4 Å². The predicted molar refractivity (Wildman–Crippen MR) is 109 cm³/mol. The fourth-order valence-corrected chi connectivity index (χ4v) is 3.19. The van der Waals surface area contributed by atoms with Crippen LogP contribution in [-0.2, 0) is 6.42 Å². The van der Waals surface area contributed by atoms with E-state index in [2.05, 4.69) is 83.3 Å². The van der Waals surface area contributed by atoms with E-state index in [0.717, 1.165) is 19.4 Å². The van der Waals surface area contributed by atoms with Crippen molar-refractivity contribution < 1.29 is 0 Å². The van der Waals surface area contributed by atoms with E-state index in [0.29, 0.717) is 0 Å². The van der Waals surface area contributed by atoms with Crippen LogP contribution in [0.5, 0.6) is 0 Å². The smallest absolute Gasteiger partial charge is 0.0381 e. The second kappa shape index (κ2) is 8.19. The van der Waals surface area contributed by atoms with Crippen molar-refractivity contribution in [3.05, 3.63) is 58.2 Å². The number of nitrogens with one attached hydrogen (secondary N) is 1. The lowest BCUT2D eigenvalue weighted by atomic mass is 9.87. The summed E-state index contributed by atoms with van der Waals surface area (Å²) in [6, 6.07) is 11.3. The van der Waals surface area contributed by atoms with Gasteiger partial charge in [0.1, 0.15) is 0 Å². The largest absolute Gasteiger partial charge is 0.385 e. The predicted octanol–water partition coefficient (Wildman–Crippen LogP) is 6.78. The van der Waals surface area contributed by atoms with Crippen molar-refractivity contribution >= 4 is 11.8 Å². The van der Waals surface area contributed by atoms with Gasteiger partial charge in [0, 0.05) is 12.2 Å². The minimum Gasteiger partial charge on any atom is -0.385 e. The monoisotopic (exact) mass is 321 g/mol. The van der Waals surface area contributed by atoms with Crippen molar-refractivity contribution in [3.63, 3.8) is 0 Å². The molecule has 0 spiro atoms. The maximum atomic E-state index is 3.64. The van der Waals surface area contributed by atoms with E-state index in [4.69, 9.17) is 0 Å². The molecule has 1 heteroatoms. The Labute approximate surface area is 147 Å².